The van der Waals surface area contributed by atoms with Crippen LogP contribution in [0.2, 0.25) is 0 Å². The predicted molar refractivity (Wildman–Crippen MR) is 62.2 cm³/mol. The van der Waals surface area contributed by atoms with Crippen molar-refractivity contribution in [2.24, 2.45) is 5.92 Å². The fourth-order valence-electron chi connectivity index (χ4n) is 1.28. The van der Waals surface area contributed by atoms with Crippen LogP contribution in [0.15, 0.2) is 0 Å². The Hall–Kier alpha value is -1.10. The Bertz CT molecular complexity index is 239. The summed E-state index contributed by atoms with van der Waals surface area (Å²) in [5.41, 5.74) is 0. The molecular formula is C11H22N2O3. The van der Waals surface area contributed by atoms with E-state index >= 15 is 0 Å². The van der Waals surface area contributed by atoms with Gasteiger partial charge in [0.2, 0.25) is 5.91 Å². The maximum absolute atomic E-state index is 11.4. The Morgan fingerprint density at radius 3 is 2.25 bits per heavy atom. The van der Waals surface area contributed by atoms with Gasteiger partial charge in [-0.2, -0.15) is 0 Å². The van der Waals surface area contributed by atoms with E-state index in [0.717, 1.165) is 0 Å². The van der Waals surface area contributed by atoms with Crippen LogP contribution in [-0.4, -0.2) is 48.6 Å². The topological polar surface area (TPSA) is 69.6 Å². The molecule has 0 aliphatic carbocycles. The van der Waals surface area contributed by atoms with Gasteiger partial charge in [-0.25, -0.2) is 4.79 Å². The SMILES string of the molecule is CC(C)C[C@H](NC(=O)CCN(C)C)C(=O)O. The third-order valence-electron chi connectivity index (χ3n) is 2.13. The van der Waals surface area contributed by atoms with E-state index < -0.39 is 12.0 Å². The van der Waals surface area contributed by atoms with Crippen LogP contribution in [-0.2, 0) is 9.59 Å². The highest BCUT2D eigenvalue weighted by atomic mass is 16.4. The molecular weight excluding hydrogens is 208 g/mol. The van der Waals surface area contributed by atoms with Gasteiger partial charge >= 0.3 is 5.97 Å². The summed E-state index contributed by atoms with van der Waals surface area (Å²) in [7, 11) is 3.74. The summed E-state index contributed by atoms with van der Waals surface area (Å²) >= 11 is 0. The van der Waals surface area contributed by atoms with Crippen molar-refractivity contribution < 1.29 is 14.7 Å². The first-order chi connectivity index (χ1) is 7.32. The third-order valence-corrected chi connectivity index (χ3v) is 2.13. The molecule has 0 heterocycles. The van der Waals surface area contributed by atoms with Gasteiger partial charge in [0, 0.05) is 13.0 Å². The Labute approximate surface area is 96.8 Å². The van der Waals surface area contributed by atoms with Crippen LogP contribution in [0.1, 0.15) is 26.7 Å². The summed E-state index contributed by atoms with van der Waals surface area (Å²) in [4.78, 5) is 24.2. The molecule has 0 aromatic rings. The van der Waals surface area contributed by atoms with E-state index in [2.05, 4.69) is 5.32 Å². The second-order valence-corrected chi connectivity index (χ2v) is 4.64. The number of carboxylic acids is 1. The minimum Gasteiger partial charge on any atom is -0.480 e. The van der Waals surface area contributed by atoms with Crippen LogP contribution in [0.4, 0.5) is 0 Å². The normalized spacial score (nSPS) is 12.9. The number of amides is 1. The minimum atomic E-state index is -0.966. The van der Waals surface area contributed by atoms with E-state index in [1.165, 1.54) is 0 Å². The Morgan fingerprint density at radius 1 is 1.31 bits per heavy atom. The van der Waals surface area contributed by atoms with Crippen molar-refractivity contribution in [3.63, 3.8) is 0 Å². The summed E-state index contributed by atoms with van der Waals surface area (Å²) < 4.78 is 0. The Morgan fingerprint density at radius 2 is 1.88 bits per heavy atom. The zero-order valence-corrected chi connectivity index (χ0v) is 10.5. The number of carbonyl (C=O) groups excluding carboxylic acids is 1. The molecule has 5 nitrogen and oxygen atoms in total. The van der Waals surface area contributed by atoms with Gasteiger partial charge in [0.25, 0.3) is 0 Å². The van der Waals surface area contributed by atoms with E-state index in [4.69, 9.17) is 5.11 Å². The van der Waals surface area contributed by atoms with Gasteiger partial charge in [0.1, 0.15) is 6.04 Å². The number of aliphatic carboxylic acids is 1. The molecule has 0 bridgehead atoms. The van der Waals surface area contributed by atoms with E-state index in [-0.39, 0.29) is 11.8 Å². The molecule has 0 aromatic heterocycles. The lowest BCUT2D eigenvalue weighted by atomic mass is 10.0. The average molecular weight is 230 g/mol. The molecule has 1 amide bonds. The van der Waals surface area contributed by atoms with Crippen LogP contribution < -0.4 is 5.32 Å². The second-order valence-electron chi connectivity index (χ2n) is 4.64. The quantitative estimate of drug-likeness (QED) is 0.670. The molecule has 0 saturated heterocycles. The van der Waals surface area contributed by atoms with Crippen molar-refractivity contribution in [2.45, 2.75) is 32.7 Å². The summed E-state index contributed by atoms with van der Waals surface area (Å²) in [6.45, 7) is 4.49. The monoisotopic (exact) mass is 230 g/mol. The molecule has 0 rings (SSSR count). The molecule has 0 fully saturated rings. The van der Waals surface area contributed by atoms with Crippen molar-refractivity contribution in [1.82, 2.24) is 10.2 Å². The molecule has 0 radical (unpaired) electrons. The van der Waals surface area contributed by atoms with Crippen LogP contribution in [0.5, 0.6) is 0 Å². The van der Waals surface area contributed by atoms with Gasteiger partial charge in [-0.05, 0) is 26.4 Å². The molecule has 1 atom stereocenters. The van der Waals surface area contributed by atoms with Crippen molar-refractivity contribution >= 4 is 11.9 Å². The van der Waals surface area contributed by atoms with Gasteiger partial charge in [0.05, 0.1) is 0 Å². The molecule has 0 aliphatic rings. The van der Waals surface area contributed by atoms with Gasteiger partial charge in [-0.3, -0.25) is 4.79 Å². The van der Waals surface area contributed by atoms with Gasteiger partial charge in [-0.15, -0.1) is 0 Å². The van der Waals surface area contributed by atoms with E-state index in [1.54, 1.807) is 0 Å². The van der Waals surface area contributed by atoms with E-state index in [9.17, 15) is 9.59 Å². The molecule has 94 valence electrons. The second kappa shape index (κ2) is 7.22. The number of carbonyl (C=O) groups is 2. The molecule has 0 aliphatic heterocycles. The fraction of sp³-hybridized carbons (Fsp3) is 0.818. The van der Waals surface area contributed by atoms with Crippen LogP contribution in [0.25, 0.3) is 0 Å². The smallest absolute Gasteiger partial charge is 0.326 e. The largest absolute Gasteiger partial charge is 0.480 e. The van der Waals surface area contributed by atoms with Crippen LogP contribution in [0.3, 0.4) is 0 Å². The molecule has 5 heteroatoms. The summed E-state index contributed by atoms with van der Waals surface area (Å²) in [5.74, 6) is -0.927. The minimum absolute atomic E-state index is 0.207. The van der Waals surface area contributed by atoms with Gasteiger partial charge in [-0.1, -0.05) is 13.8 Å². The highest BCUT2D eigenvalue weighted by molar-refractivity contribution is 5.83. The Kier molecular flexibility index (Phi) is 6.72. The van der Waals surface area contributed by atoms with Crippen molar-refractivity contribution in [2.75, 3.05) is 20.6 Å². The van der Waals surface area contributed by atoms with Gasteiger partial charge in [0.15, 0.2) is 0 Å². The molecule has 2 N–H and O–H groups in total. The third kappa shape index (κ3) is 7.23. The summed E-state index contributed by atoms with van der Waals surface area (Å²) in [5, 5.41) is 11.5. The van der Waals surface area contributed by atoms with E-state index in [0.29, 0.717) is 19.4 Å². The molecule has 0 saturated carbocycles. The molecule has 16 heavy (non-hydrogen) atoms. The van der Waals surface area contributed by atoms with Crippen molar-refractivity contribution in [1.29, 1.82) is 0 Å². The Balaban J connectivity index is 4.08. The van der Waals surface area contributed by atoms with Crippen molar-refractivity contribution in [3.8, 4) is 0 Å². The molecule has 0 unspecified atom stereocenters. The highest BCUT2D eigenvalue weighted by Gasteiger charge is 2.20. The maximum atomic E-state index is 11.4. The van der Waals surface area contributed by atoms with E-state index in [1.807, 2.05) is 32.8 Å². The number of hydrogen-bond donors (Lipinski definition) is 2. The van der Waals surface area contributed by atoms with Crippen LogP contribution >= 0.6 is 0 Å². The lowest BCUT2D eigenvalue weighted by molar-refractivity contribution is -0.142. The fourth-order valence-corrected chi connectivity index (χ4v) is 1.28. The lowest BCUT2D eigenvalue weighted by Gasteiger charge is -2.17. The first-order valence-electron chi connectivity index (χ1n) is 5.49. The van der Waals surface area contributed by atoms with Gasteiger partial charge < -0.3 is 15.3 Å². The molecule has 0 aromatic carbocycles. The zero-order valence-electron chi connectivity index (χ0n) is 10.5. The zero-order chi connectivity index (χ0) is 12.7. The average Bonchev–Trinajstić information content (AvgIpc) is 2.12. The number of rotatable bonds is 7. The summed E-state index contributed by atoms with van der Waals surface area (Å²) in [6, 6.07) is -0.769. The number of carboxylic acid groups (broad SMARTS) is 1. The molecule has 0 spiro atoms. The van der Waals surface area contributed by atoms with Crippen molar-refractivity contribution in [3.05, 3.63) is 0 Å². The predicted octanol–water partition coefficient (Wildman–Crippen LogP) is 0.554. The number of nitrogens with zero attached hydrogens (tertiary/aromatic N) is 1. The lowest BCUT2D eigenvalue weighted by Crippen LogP contribution is -2.42. The number of hydrogen-bond acceptors (Lipinski definition) is 3. The first kappa shape index (κ1) is 14.9. The summed E-state index contributed by atoms with van der Waals surface area (Å²) in [6.07, 6.45) is 0.790. The maximum Gasteiger partial charge on any atom is 0.326 e. The highest BCUT2D eigenvalue weighted by Crippen LogP contribution is 2.05. The standard InChI is InChI=1S/C11H22N2O3/c1-8(2)7-9(11(15)16)12-10(14)5-6-13(3)4/h8-9H,5-7H2,1-4H3,(H,12,14)(H,15,16)/t9-/m0/s1. The first-order valence-corrected chi connectivity index (χ1v) is 5.49. The van der Waals surface area contributed by atoms with Crippen LogP contribution in [0, 0.1) is 5.92 Å². The number of nitrogens with one attached hydrogen (secondary N) is 1.